The summed E-state index contributed by atoms with van der Waals surface area (Å²) in [6.07, 6.45) is 1.58. The number of H-pyrrole nitrogens is 2. The second kappa shape index (κ2) is 8.18. The number of nitrogens with two attached hydrogens (primary N) is 3. The number of nitrogens with one attached hydrogen (secondary N) is 2. The first kappa shape index (κ1) is 21.1. The molecule has 0 atom stereocenters. The van der Waals surface area contributed by atoms with Crippen molar-refractivity contribution >= 4 is 45.3 Å². The van der Waals surface area contributed by atoms with Gasteiger partial charge in [-0.25, -0.2) is 0 Å². The van der Waals surface area contributed by atoms with Crippen molar-refractivity contribution in [2.24, 2.45) is 11.7 Å². The minimum absolute atomic E-state index is 0.221. The minimum atomic E-state index is -0.559. The predicted molar refractivity (Wildman–Crippen MR) is 125 cm³/mol. The van der Waals surface area contributed by atoms with Crippen molar-refractivity contribution < 1.29 is 14.0 Å². The van der Waals surface area contributed by atoms with Gasteiger partial charge in [0.05, 0.1) is 51.8 Å². The molecule has 0 aliphatic heterocycles. The first-order chi connectivity index (χ1) is 15.2. The van der Waals surface area contributed by atoms with E-state index in [2.05, 4.69) is 9.97 Å². The number of hydrogen-bond acceptors (Lipinski definition) is 5. The summed E-state index contributed by atoms with van der Waals surface area (Å²) in [5, 5.41) is 0. The number of hydrogen-bond donors (Lipinski definition) is 5. The SMILES string of the molecule is CC(C)CN(Cc1ccco1)C(=O)c1cc2[nH]c3ccc(C(N)=O)cc3[nH]c1c(N)c2N. The third-order valence-electron chi connectivity index (χ3n) is 5.27. The second-order valence-corrected chi connectivity index (χ2v) is 8.21. The molecule has 0 saturated carbocycles. The molecule has 0 aliphatic carbocycles. The van der Waals surface area contributed by atoms with Crippen LogP contribution in [-0.2, 0) is 6.54 Å². The zero-order chi connectivity index (χ0) is 23.0. The van der Waals surface area contributed by atoms with Gasteiger partial charge in [-0.1, -0.05) is 13.8 Å². The summed E-state index contributed by atoms with van der Waals surface area (Å²) in [6, 6.07) is 10.3. The normalized spacial score (nSPS) is 11.3. The third-order valence-corrected chi connectivity index (χ3v) is 5.27. The Balaban J connectivity index is 1.91. The Morgan fingerprint density at radius 3 is 2.47 bits per heavy atom. The van der Waals surface area contributed by atoms with Crippen molar-refractivity contribution in [1.29, 1.82) is 0 Å². The van der Waals surface area contributed by atoms with Crippen LogP contribution in [0.1, 0.15) is 40.3 Å². The van der Waals surface area contributed by atoms with E-state index >= 15 is 0 Å². The lowest BCUT2D eigenvalue weighted by atomic mass is 10.1. The van der Waals surface area contributed by atoms with Crippen molar-refractivity contribution in [3.8, 4) is 0 Å². The standard InChI is InChI=1S/C23H26N6O3/c1-12(2)10-29(11-14-4-3-7-32-14)23(31)15-9-18-19(24)20(25)21(15)28-17-8-13(22(26)30)5-6-16(17)27-18/h3-9,12,27-28H,10-11,24-25H2,1-2H3,(H2,26,30). The zero-order valence-corrected chi connectivity index (χ0v) is 17.9. The van der Waals surface area contributed by atoms with Crippen LogP contribution in [-0.4, -0.2) is 33.2 Å². The number of aromatic nitrogens is 2. The Morgan fingerprint density at radius 2 is 1.81 bits per heavy atom. The van der Waals surface area contributed by atoms with Gasteiger partial charge in [-0.2, -0.15) is 0 Å². The number of nitrogen functional groups attached to an aromatic ring is 2. The molecule has 2 aromatic carbocycles. The molecule has 0 unspecified atom stereocenters. The molecule has 8 N–H and O–H groups in total. The summed E-state index contributed by atoms with van der Waals surface area (Å²) in [4.78, 5) is 33.4. The highest BCUT2D eigenvalue weighted by Crippen LogP contribution is 2.31. The van der Waals surface area contributed by atoms with Crippen LogP contribution in [0.25, 0.3) is 22.1 Å². The average molecular weight is 435 g/mol. The molecule has 2 amide bonds. The lowest BCUT2D eigenvalue weighted by Crippen LogP contribution is -2.34. The number of anilines is 2. The topological polar surface area (TPSA) is 160 Å². The smallest absolute Gasteiger partial charge is 0.256 e. The van der Waals surface area contributed by atoms with Crippen molar-refractivity contribution in [1.82, 2.24) is 14.9 Å². The molecule has 0 aliphatic rings. The molecule has 0 radical (unpaired) electrons. The van der Waals surface area contributed by atoms with E-state index < -0.39 is 5.91 Å². The van der Waals surface area contributed by atoms with E-state index in [1.807, 2.05) is 19.9 Å². The number of amides is 2. The molecule has 0 spiro atoms. The molecule has 9 heteroatoms. The Hall–Kier alpha value is -4.14. The second-order valence-electron chi connectivity index (χ2n) is 8.21. The third kappa shape index (κ3) is 3.92. The van der Waals surface area contributed by atoms with E-state index in [0.29, 0.717) is 57.7 Å². The summed E-state index contributed by atoms with van der Waals surface area (Å²) in [5.74, 6) is 0.136. The van der Waals surface area contributed by atoms with Crippen molar-refractivity contribution in [2.45, 2.75) is 20.4 Å². The number of fused-ring (bicyclic) bond motifs is 2. The summed E-state index contributed by atoms with van der Waals surface area (Å²) < 4.78 is 5.46. The van der Waals surface area contributed by atoms with E-state index in [-0.39, 0.29) is 17.5 Å². The number of nitrogens with zero attached hydrogens (tertiary/aromatic N) is 1. The molecule has 2 bridgehead atoms. The maximum atomic E-state index is 13.7. The molecule has 5 rings (SSSR count). The van der Waals surface area contributed by atoms with E-state index in [9.17, 15) is 9.59 Å². The van der Waals surface area contributed by atoms with Crippen LogP contribution in [0.5, 0.6) is 0 Å². The molecule has 32 heavy (non-hydrogen) atoms. The largest absolute Gasteiger partial charge is 0.467 e. The van der Waals surface area contributed by atoms with Gasteiger partial charge in [0, 0.05) is 12.1 Å². The molecule has 5 aromatic rings. The molecule has 9 nitrogen and oxygen atoms in total. The van der Waals surface area contributed by atoms with Gasteiger partial charge in [0.15, 0.2) is 0 Å². The van der Waals surface area contributed by atoms with Crippen molar-refractivity contribution in [2.75, 3.05) is 18.0 Å². The molecule has 166 valence electrons. The summed E-state index contributed by atoms with van der Waals surface area (Å²) in [7, 11) is 0. The number of benzene rings is 2. The van der Waals surface area contributed by atoms with Crippen LogP contribution in [0.4, 0.5) is 11.4 Å². The van der Waals surface area contributed by atoms with Gasteiger partial charge in [0.1, 0.15) is 5.76 Å². The van der Waals surface area contributed by atoms with Crippen molar-refractivity contribution in [3.05, 3.63) is 59.5 Å². The van der Waals surface area contributed by atoms with Crippen LogP contribution in [0.3, 0.4) is 0 Å². The van der Waals surface area contributed by atoms with Gasteiger partial charge < -0.3 is 36.5 Å². The van der Waals surface area contributed by atoms with E-state index in [0.717, 1.165) is 0 Å². The van der Waals surface area contributed by atoms with Crippen LogP contribution in [0.2, 0.25) is 0 Å². The fraction of sp³-hybridized carbons (Fsp3) is 0.217. The molecular formula is C23H26N6O3. The highest BCUT2D eigenvalue weighted by Gasteiger charge is 2.23. The maximum absolute atomic E-state index is 13.7. The van der Waals surface area contributed by atoms with Gasteiger partial charge >= 0.3 is 0 Å². The van der Waals surface area contributed by atoms with Crippen LogP contribution in [0.15, 0.2) is 47.1 Å². The number of primary amides is 1. The number of rotatable bonds is 6. The Bertz CT molecular complexity index is 1330. The van der Waals surface area contributed by atoms with E-state index in [1.54, 1.807) is 41.5 Å². The highest BCUT2D eigenvalue weighted by molar-refractivity contribution is 6.10. The monoisotopic (exact) mass is 434 g/mol. The maximum Gasteiger partial charge on any atom is 0.256 e. The van der Waals surface area contributed by atoms with Crippen LogP contribution < -0.4 is 17.2 Å². The predicted octanol–water partition coefficient (Wildman–Crippen LogP) is 3.37. The molecule has 0 fully saturated rings. The van der Waals surface area contributed by atoms with Gasteiger partial charge in [-0.15, -0.1) is 0 Å². The quantitative estimate of drug-likeness (QED) is 0.294. The molecule has 3 heterocycles. The Kier molecular flexibility index (Phi) is 5.40. The van der Waals surface area contributed by atoms with E-state index in [4.69, 9.17) is 21.6 Å². The highest BCUT2D eigenvalue weighted by atomic mass is 16.3. The fourth-order valence-corrected chi connectivity index (χ4v) is 3.74. The van der Waals surface area contributed by atoms with Gasteiger partial charge in [0.25, 0.3) is 5.91 Å². The van der Waals surface area contributed by atoms with Crippen LogP contribution in [0, 0.1) is 5.92 Å². The zero-order valence-electron chi connectivity index (χ0n) is 17.9. The Labute approximate surface area is 184 Å². The first-order valence-electron chi connectivity index (χ1n) is 10.3. The Morgan fingerprint density at radius 1 is 1.03 bits per heavy atom. The number of carbonyl (C=O) groups is 2. The van der Waals surface area contributed by atoms with Crippen molar-refractivity contribution in [3.63, 3.8) is 0 Å². The lowest BCUT2D eigenvalue weighted by Gasteiger charge is -2.25. The van der Waals surface area contributed by atoms with Gasteiger partial charge in [0.2, 0.25) is 5.91 Å². The fourth-order valence-electron chi connectivity index (χ4n) is 3.74. The summed E-state index contributed by atoms with van der Waals surface area (Å²) >= 11 is 0. The summed E-state index contributed by atoms with van der Waals surface area (Å²) in [6.45, 7) is 4.92. The average Bonchev–Trinajstić information content (AvgIpc) is 3.24. The number of carbonyl (C=O) groups excluding carboxylic acids is 2. The minimum Gasteiger partial charge on any atom is -0.467 e. The van der Waals surface area contributed by atoms with E-state index in [1.165, 1.54) is 0 Å². The molecule has 3 aromatic heterocycles. The van der Waals surface area contributed by atoms with Gasteiger partial charge in [-0.3, -0.25) is 9.59 Å². The summed E-state index contributed by atoms with van der Waals surface area (Å²) in [5.41, 5.74) is 21.4. The van der Waals surface area contributed by atoms with Crippen LogP contribution >= 0.6 is 0 Å². The number of aromatic amines is 2. The first-order valence-corrected chi connectivity index (χ1v) is 10.3. The molecular weight excluding hydrogens is 408 g/mol. The van der Waals surface area contributed by atoms with Gasteiger partial charge in [-0.05, 0) is 42.3 Å². The lowest BCUT2D eigenvalue weighted by molar-refractivity contribution is 0.0711. The molecule has 0 saturated heterocycles. The number of furan rings is 1.